The molecular formula is C21H24N6O2. The average molecular weight is 392 g/mol. The molecule has 4 rings (SSSR count). The molecule has 1 atom stereocenters. The maximum absolute atomic E-state index is 11.2. The first-order valence-electron chi connectivity index (χ1n) is 9.74. The highest BCUT2D eigenvalue weighted by atomic mass is 16.5. The smallest absolute Gasteiger partial charge is 0.241 e. The number of imidazole rings is 1. The van der Waals surface area contributed by atoms with E-state index in [2.05, 4.69) is 30.2 Å². The van der Waals surface area contributed by atoms with Crippen molar-refractivity contribution >= 4 is 11.6 Å². The van der Waals surface area contributed by atoms with Crippen LogP contribution in [-0.2, 0) is 11.3 Å². The van der Waals surface area contributed by atoms with Gasteiger partial charge in [0.25, 0.3) is 0 Å². The van der Waals surface area contributed by atoms with Crippen molar-refractivity contribution in [3.63, 3.8) is 0 Å². The second kappa shape index (κ2) is 8.83. The molecule has 2 aromatic heterocycles. The number of aromatic amines is 1. The SMILES string of the molecule is CC(=O)Nc1ccc(Oc2nccnc2C2CCCN(Cc3ncc[nH]3)C2)cc1. The molecule has 1 amide bonds. The number of carbonyl (C=O) groups excluding carboxylic acids is 1. The first-order valence-corrected chi connectivity index (χ1v) is 9.74. The Morgan fingerprint density at radius 1 is 1.21 bits per heavy atom. The number of hydrogen-bond donors (Lipinski definition) is 2. The summed E-state index contributed by atoms with van der Waals surface area (Å²) in [5, 5.41) is 2.75. The fraction of sp³-hybridized carbons (Fsp3) is 0.333. The van der Waals surface area contributed by atoms with E-state index in [9.17, 15) is 4.79 Å². The van der Waals surface area contributed by atoms with Crippen molar-refractivity contribution in [1.82, 2.24) is 24.8 Å². The molecule has 1 aliphatic heterocycles. The molecule has 8 heteroatoms. The first-order chi connectivity index (χ1) is 14.2. The maximum Gasteiger partial charge on any atom is 0.241 e. The second-order valence-electron chi connectivity index (χ2n) is 7.16. The van der Waals surface area contributed by atoms with E-state index in [0.717, 1.165) is 49.7 Å². The van der Waals surface area contributed by atoms with Crippen molar-refractivity contribution in [1.29, 1.82) is 0 Å². The zero-order chi connectivity index (χ0) is 20.1. The lowest BCUT2D eigenvalue weighted by atomic mass is 9.94. The van der Waals surface area contributed by atoms with Gasteiger partial charge in [-0.3, -0.25) is 14.7 Å². The highest BCUT2D eigenvalue weighted by Gasteiger charge is 2.26. The van der Waals surface area contributed by atoms with Crippen LogP contribution in [0, 0.1) is 0 Å². The topological polar surface area (TPSA) is 96.0 Å². The lowest BCUT2D eigenvalue weighted by molar-refractivity contribution is -0.114. The molecule has 3 heterocycles. The molecule has 2 N–H and O–H groups in total. The fourth-order valence-electron chi connectivity index (χ4n) is 3.63. The number of H-pyrrole nitrogens is 1. The molecule has 8 nitrogen and oxygen atoms in total. The zero-order valence-electron chi connectivity index (χ0n) is 16.3. The van der Waals surface area contributed by atoms with E-state index in [1.165, 1.54) is 6.92 Å². The number of amides is 1. The number of hydrogen-bond acceptors (Lipinski definition) is 6. The van der Waals surface area contributed by atoms with Crippen LogP contribution in [0.2, 0.25) is 0 Å². The number of likely N-dealkylation sites (tertiary alicyclic amines) is 1. The van der Waals surface area contributed by atoms with Gasteiger partial charge in [0, 0.05) is 49.9 Å². The molecule has 0 bridgehead atoms. The maximum atomic E-state index is 11.2. The van der Waals surface area contributed by atoms with Gasteiger partial charge in [0.05, 0.1) is 6.54 Å². The Hall–Kier alpha value is -3.26. The summed E-state index contributed by atoms with van der Waals surface area (Å²) in [6.07, 6.45) is 9.13. The number of nitrogens with one attached hydrogen (secondary N) is 2. The minimum atomic E-state index is -0.105. The zero-order valence-corrected chi connectivity index (χ0v) is 16.3. The lowest BCUT2D eigenvalue weighted by Crippen LogP contribution is -2.34. The number of nitrogens with zero attached hydrogens (tertiary/aromatic N) is 4. The minimum Gasteiger partial charge on any atom is -0.437 e. The van der Waals surface area contributed by atoms with Crippen molar-refractivity contribution in [3.8, 4) is 11.6 Å². The van der Waals surface area contributed by atoms with Crippen LogP contribution in [0.3, 0.4) is 0 Å². The Kier molecular flexibility index (Phi) is 5.81. The van der Waals surface area contributed by atoms with E-state index in [1.807, 2.05) is 18.3 Å². The highest BCUT2D eigenvalue weighted by Crippen LogP contribution is 2.33. The molecule has 29 heavy (non-hydrogen) atoms. The number of aromatic nitrogens is 4. The standard InChI is InChI=1S/C21H24N6O2/c1-15(28)26-17-4-6-18(7-5-17)29-21-20(24-10-11-25-21)16-3-2-12-27(13-16)14-19-22-8-9-23-19/h4-11,16H,2-3,12-14H2,1H3,(H,22,23)(H,26,28). The van der Waals surface area contributed by atoms with Crippen molar-refractivity contribution in [2.24, 2.45) is 0 Å². The number of carbonyl (C=O) groups is 1. The van der Waals surface area contributed by atoms with Crippen LogP contribution in [0.15, 0.2) is 49.1 Å². The molecule has 0 spiro atoms. The number of benzene rings is 1. The van der Waals surface area contributed by atoms with Gasteiger partial charge in [-0.1, -0.05) is 0 Å². The van der Waals surface area contributed by atoms with Crippen molar-refractivity contribution in [2.75, 3.05) is 18.4 Å². The first kappa shape index (κ1) is 19.1. The lowest BCUT2D eigenvalue weighted by Gasteiger charge is -2.32. The average Bonchev–Trinajstić information content (AvgIpc) is 3.23. The summed E-state index contributed by atoms with van der Waals surface area (Å²) in [6, 6.07) is 7.23. The van der Waals surface area contributed by atoms with Crippen LogP contribution in [0.4, 0.5) is 5.69 Å². The van der Waals surface area contributed by atoms with E-state index >= 15 is 0 Å². The fourth-order valence-corrected chi connectivity index (χ4v) is 3.63. The van der Waals surface area contributed by atoms with Gasteiger partial charge in [-0.05, 0) is 43.7 Å². The summed E-state index contributed by atoms with van der Waals surface area (Å²) in [5.74, 6) is 2.31. The summed E-state index contributed by atoms with van der Waals surface area (Å²) >= 11 is 0. The minimum absolute atomic E-state index is 0.105. The predicted molar refractivity (Wildman–Crippen MR) is 109 cm³/mol. The van der Waals surface area contributed by atoms with Crippen molar-refractivity contribution in [3.05, 3.63) is 60.6 Å². The molecule has 0 saturated carbocycles. The number of anilines is 1. The number of ether oxygens (including phenoxy) is 1. The second-order valence-corrected chi connectivity index (χ2v) is 7.16. The number of rotatable bonds is 6. The van der Waals surface area contributed by atoms with Gasteiger partial charge in [-0.15, -0.1) is 0 Å². The van der Waals surface area contributed by atoms with Gasteiger partial charge in [-0.25, -0.2) is 9.97 Å². The molecule has 0 radical (unpaired) electrons. The molecular weight excluding hydrogens is 368 g/mol. The molecule has 1 aliphatic rings. The van der Waals surface area contributed by atoms with Gasteiger partial charge < -0.3 is 15.0 Å². The van der Waals surface area contributed by atoms with Crippen LogP contribution in [0.5, 0.6) is 11.6 Å². The summed E-state index contributed by atoms with van der Waals surface area (Å²) in [5.41, 5.74) is 1.60. The van der Waals surface area contributed by atoms with Gasteiger partial charge in [0.2, 0.25) is 11.8 Å². The Balaban J connectivity index is 1.47. The summed E-state index contributed by atoms with van der Waals surface area (Å²) in [7, 11) is 0. The Bertz CT molecular complexity index is 942. The monoisotopic (exact) mass is 392 g/mol. The third-order valence-electron chi connectivity index (χ3n) is 4.90. The van der Waals surface area contributed by atoms with Crippen LogP contribution in [0.25, 0.3) is 0 Å². The third-order valence-corrected chi connectivity index (χ3v) is 4.90. The summed E-state index contributed by atoms with van der Waals surface area (Å²) < 4.78 is 6.04. The van der Waals surface area contributed by atoms with Gasteiger partial charge in [0.15, 0.2) is 0 Å². The normalized spacial score (nSPS) is 17.1. The Morgan fingerprint density at radius 3 is 2.79 bits per heavy atom. The number of piperidine rings is 1. The van der Waals surface area contributed by atoms with E-state index in [-0.39, 0.29) is 11.8 Å². The van der Waals surface area contributed by atoms with Crippen LogP contribution in [-0.4, -0.2) is 43.8 Å². The third kappa shape index (κ3) is 4.97. The van der Waals surface area contributed by atoms with E-state index in [1.54, 1.807) is 30.7 Å². The van der Waals surface area contributed by atoms with E-state index < -0.39 is 0 Å². The molecule has 3 aromatic rings. The quantitative estimate of drug-likeness (QED) is 0.668. The van der Waals surface area contributed by atoms with Crippen LogP contribution in [0.1, 0.15) is 37.2 Å². The van der Waals surface area contributed by atoms with Gasteiger partial charge in [0.1, 0.15) is 17.3 Å². The molecule has 1 fully saturated rings. The van der Waals surface area contributed by atoms with Crippen molar-refractivity contribution in [2.45, 2.75) is 32.2 Å². The summed E-state index contributed by atoms with van der Waals surface area (Å²) in [6.45, 7) is 4.20. The largest absolute Gasteiger partial charge is 0.437 e. The molecule has 1 unspecified atom stereocenters. The van der Waals surface area contributed by atoms with Crippen LogP contribution < -0.4 is 10.1 Å². The molecule has 150 valence electrons. The highest BCUT2D eigenvalue weighted by molar-refractivity contribution is 5.88. The Labute approximate surface area is 169 Å². The van der Waals surface area contributed by atoms with Crippen LogP contribution >= 0.6 is 0 Å². The van der Waals surface area contributed by atoms with Crippen molar-refractivity contribution < 1.29 is 9.53 Å². The molecule has 0 aliphatic carbocycles. The van der Waals surface area contributed by atoms with E-state index in [4.69, 9.17) is 4.74 Å². The van der Waals surface area contributed by atoms with Gasteiger partial charge in [-0.2, -0.15) is 0 Å². The Morgan fingerprint density at radius 2 is 2.03 bits per heavy atom. The summed E-state index contributed by atoms with van der Waals surface area (Å²) in [4.78, 5) is 30.1. The predicted octanol–water partition coefficient (Wildman–Crippen LogP) is 3.33. The van der Waals surface area contributed by atoms with E-state index in [0.29, 0.717) is 11.6 Å². The molecule has 1 aromatic carbocycles. The molecule has 1 saturated heterocycles. The van der Waals surface area contributed by atoms with Gasteiger partial charge >= 0.3 is 0 Å².